The van der Waals surface area contributed by atoms with E-state index in [-0.39, 0.29) is 24.8 Å². The van der Waals surface area contributed by atoms with Gasteiger partial charge in [-0.3, -0.25) is 0 Å². The lowest BCUT2D eigenvalue weighted by Gasteiger charge is -2.15. The molecule has 4 nitrogen and oxygen atoms in total. The average molecular weight is 393 g/mol. The second-order valence-corrected chi connectivity index (χ2v) is 5.66. The number of rotatable bonds is 4. The van der Waals surface area contributed by atoms with Crippen LogP contribution in [0.1, 0.15) is 11.1 Å². The molecule has 0 aliphatic carbocycles. The quantitative estimate of drug-likeness (QED) is 0.542. The number of para-hydroxylation sites is 2. The fourth-order valence-corrected chi connectivity index (χ4v) is 2.35. The number of nitrogens with two attached hydrogens (primary N) is 2. The van der Waals surface area contributed by atoms with Gasteiger partial charge < -0.3 is 20.9 Å². The van der Waals surface area contributed by atoms with Gasteiger partial charge in [0.05, 0.1) is 11.4 Å². The van der Waals surface area contributed by atoms with Crippen LogP contribution >= 0.6 is 24.8 Å². The van der Waals surface area contributed by atoms with Gasteiger partial charge in [0.1, 0.15) is 11.5 Å². The normalized spacial score (nSPS) is 9.62. The number of anilines is 2. The van der Waals surface area contributed by atoms with Crippen molar-refractivity contribution in [3.05, 3.63) is 71.8 Å². The number of hydrogen-bond acceptors (Lipinski definition) is 4. The molecular formula is C20H22Cl2N2O2. The predicted molar refractivity (Wildman–Crippen MR) is 112 cm³/mol. The van der Waals surface area contributed by atoms with Gasteiger partial charge in [0.2, 0.25) is 0 Å². The first-order chi connectivity index (χ1) is 11.5. The summed E-state index contributed by atoms with van der Waals surface area (Å²) in [6.45, 7) is 3.96. The molecule has 4 N–H and O–H groups in total. The van der Waals surface area contributed by atoms with Gasteiger partial charge >= 0.3 is 0 Å². The molecule has 0 atom stereocenters. The number of ether oxygens (including phenoxy) is 2. The van der Waals surface area contributed by atoms with Crippen molar-refractivity contribution in [3.63, 3.8) is 0 Å². The van der Waals surface area contributed by atoms with Crippen molar-refractivity contribution in [2.24, 2.45) is 0 Å². The van der Waals surface area contributed by atoms with Crippen molar-refractivity contribution in [2.75, 3.05) is 11.5 Å². The molecule has 26 heavy (non-hydrogen) atoms. The lowest BCUT2D eigenvalue weighted by Crippen LogP contribution is -1.99. The van der Waals surface area contributed by atoms with Gasteiger partial charge in [-0.1, -0.05) is 36.4 Å². The largest absolute Gasteiger partial charge is 0.455 e. The molecule has 0 saturated heterocycles. The lowest BCUT2D eigenvalue weighted by atomic mass is 10.2. The minimum atomic E-state index is 0. The average Bonchev–Trinajstić information content (AvgIpc) is 2.56. The van der Waals surface area contributed by atoms with Gasteiger partial charge in [-0.05, 0) is 43.2 Å². The molecule has 3 aromatic carbocycles. The summed E-state index contributed by atoms with van der Waals surface area (Å²) in [5, 5.41) is 0. The zero-order chi connectivity index (χ0) is 17.1. The molecule has 0 unspecified atom stereocenters. The minimum Gasteiger partial charge on any atom is -0.455 e. The van der Waals surface area contributed by atoms with Crippen LogP contribution in [0.15, 0.2) is 60.7 Å². The summed E-state index contributed by atoms with van der Waals surface area (Å²) < 4.78 is 11.9. The van der Waals surface area contributed by atoms with Crippen molar-refractivity contribution < 1.29 is 9.47 Å². The number of hydrogen-bond donors (Lipinski definition) is 2. The van der Waals surface area contributed by atoms with Crippen molar-refractivity contribution in [1.29, 1.82) is 0 Å². The van der Waals surface area contributed by atoms with E-state index in [9.17, 15) is 0 Å². The number of nitrogen functional groups attached to an aromatic ring is 2. The van der Waals surface area contributed by atoms with Crippen LogP contribution in [0.4, 0.5) is 11.4 Å². The first-order valence-electron chi connectivity index (χ1n) is 7.70. The van der Waals surface area contributed by atoms with E-state index in [4.69, 9.17) is 20.9 Å². The summed E-state index contributed by atoms with van der Waals surface area (Å²) in [4.78, 5) is 0. The Labute approximate surface area is 165 Å². The molecule has 0 aromatic heterocycles. The third-order valence-corrected chi connectivity index (χ3v) is 3.77. The molecule has 138 valence electrons. The second-order valence-electron chi connectivity index (χ2n) is 5.66. The van der Waals surface area contributed by atoms with E-state index in [1.165, 1.54) is 0 Å². The highest BCUT2D eigenvalue weighted by atomic mass is 35.5. The Hall–Kier alpha value is -2.56. The molecule has 3 rings (SSSR count). The maximum atomic E-state index is 6.05. The number of benzene rings is 3. The van der Waals surface area contributed by atoms with E-state index in [1.807, 2.05) is 62.4 Å². The molecule has 0 saturated carbocycles. The van der Waals surface area contributed by atoms with Crippen LogP contribution in [0.3, 0.4) is 0 Å². The van der Waals surface area contributed by atoms with Crippen molar-refractivity contribution in [2.45, 2.75) is 13.8 Å². The molecule has 0 aliphatic heterocycles. The standard InChI is InChI=1S/C20H20N2O2.2ClH/c1-13-7-3-5-9-17(13)23-19-12-20(16(22)11-15(19)21)24-18-10-6-4-8-14(18)2;;/h3-12H,21-22H2,1-2H3;2*1H. The predicted octanol–water partition coefficient (Wildman–Crippen LogP) is 5.90. The van der Waals surface area contributed by atoms with Crippen LogP contribution in [0.25, 0.3) is 0 Å². The molecule has 3 aromatic rings. The SMILES string of the molecule is Cc1ccccc1Oc1cc(Oc2ccccc2C)c(N)cc1N.Cl.Cl. The Morgan fingerprint density at radius 3 is 1.35 bits per heavy atom. The van der Waals surface area contributed by atoms with Crippen molar-refractivity contribution in [1.82, 2.24) is 0 Å². The second kappa shape index (κ2) is 9.22. The van der Waals surface area contributed by atoms with Crippen LogP contribution in [-0.2, 0) is 0 Å². The van der Waals surface area contributed by atoms with Gasteiger partial charge in [0, 0.05) is 6.07 Å². The van der Waals surface area contributed by atoms with Gasteiger partial charge in [-0.15, -0.1) is 24.8 Å². The Morgan fingerprint density at radius 2 is 0.962 bits per heavy atom. The minimum absolute atomic E-state index is 0. The van der Waals surface area contributed by atoms with E-state index in [0.717, 1.165) is 22.6 Å². The third kappa shape index (κ3) is 4.75. The summed E-state index contributed by atoms with van der Waals surface area (Å²) in [6.07, 6.45) is 0. The summed E-state index contributed by atoms with van der Waals surface area (Å²) in [5.41, 5.74) is 15.1. The highest BCUT2D eigenvalue weighted by molar-refractivity contribution is 5.85. The summed E-state index contributed by atoms with van der Waals surface area (Å²) in [6, 6.07) is 18.9. The maximum Gasteiger partial charge on any atom is 0.154 e. The Balaban J connectivity index is 0.00000169. The fourth-order valence-electron chi connectivity index (χ4n) is 2.35. The first kappa shape index (κ1) is 21.5. The molecule has 0 heterocycles. The smallest absolute Gasteiger partial charge is 0.154 e. The number of aryl methyl sites for hydroxylation is 2. The molecule has 0 radical (unpaired) electrons. The molecule has 0 amide bonds. The molecule has 0 bridgehead atoms. The summed E-state index contributed by atoms with van der Waals surface area (Å²) in [7, 11) is 0. The zero-order valence-electron chi connectivity index (χ0n) is 14.6. The van der Waals surface area contributed by atoms with E-state index in [1.54, 1.807) is 12.1 Å². The molecule has 0 aliphatic rings. The first-order valence-corrected chi connectivity index (χ1v) is 7.70. The van der Waals surface area contributed by atoms with Gasteiger partial charge in [-0.25, -0.2) is 0 Å². The van der Waals surface area contributed by atoms with Crippen molar-refractivity contribution in [3.8, 4) is 23.0 Å². The monoisotopic (exact) mass is 392 g/mol. The molecule has 0 fully saturated rings. The summed E-state index contributed by atoms with van der Waals surface area (Å²) in [5.74, 6) is 2.52. The number of halogens is 2. The molecular weight excluding hydrogens is 371 g/mol. The van der Waals surface area contributed by atoms with Gasteiger partial charge in [-0.2, -0.15) is 0 Å². The zero-order valence-corrected chi connectivity index (χ0v) is 16.2. The maximum absolute atomic E-state index is 6.05. The molecule has 6 heteroatoms. The third-order valence-electron chi connectivity index (χ3n) is 3.77. The van der Waals surface area contributed by atoms with Crippen LogP contribution in [0.2, 0.25) is 0 Å². The van der Waals surface area contributed by atoms with E-state index < -0.39 is 0 Å². The van der Waals surface area contributed by atoms with E-state index in [0.29, 0.717) is 22.9 Å². The highest BCUT2D eigenvalue weighted by Gasteiger charge is 2.12. The van der Waals surface area contributed by atoms with Crippen LogP contribution in [0, 0.1) is 13.8 Å². The highest BCUT2D eigenvalue weighted by Crippen LogP contribution is 2.38. The van der Waals surface area contributed by atoms with Crippen LogP contribution in [-0.4, -0.2) is 0 Å². The van der Waals surface area contributed by atoms with E-state index in [2.05, 4.69) is 0 Å². The van der Waals surface area contributed by atoms with Crippen LogP contribution < -0.4 is 20.9 Å². The summed E-state index contributed by atoms with van der Waals surface area (Å²) >= 11 is 0. The van der Waals surface area contributed by atoms with Crippen LogP contribution in [0.5, 0.6) is 23.0 Å². The lowest BCUT2D eigenvalue weighted by molar-refractivity contribution is 0.460. The fraction of sp³-hybridized carbons (Fsp3) is 0.100. The van der Waals surface area contributed by atoms with Crippen molar-refractivity contribution >= 4 is 36.2 Å². The topological polar surface area (TPSA) is 70.5 Å². The Kier molecular flexibility index (Phi) is 7.62. The Bertz CT molecular complexity index is 817. The molecule has 0 spiro atoms. The van der Waals surface area contributed by atoms with Gasteiger partial charge in [0.15, 0.2) is 11.5 Å². The Morgan fingerprint density at radius 1 is 0.577 bits per heavy atom. The van der Waals surface area contributed by atoms with Gasteiger partial charge in [0.25, 0.3) is 0 Å². The van der Waals surface area contributed by atoms with E-state index >= 15 is 0 Å².